The summed E-state index contributed by atoms with van der Waals surface area (Å²) in [5.74, 6) is 2.50. The normalized spacial score (nSPS) is 23.4. The molecule has 0 spiro atoms. The number of rotatable bonds is 6. The van der Waals surface area contributed by atoms with Crippen molar-refractivity contribution in [2.45, 2.75) is 76.4 Å². The third kappa shape index (κ3) is 6.79. The zero-order valence-corrected chi connectivity index (χ0v) is 27.9. The number of amides is 1. The van der Waals surface area contributed by atoms with Crippen LogP contribution < -0.4 is 19.7 Å². The minimum atomic E-state index is -4.22. The van der Waals surface area contributed by atoms with Gasteiger partial charge in [0.1, 0.15) is 11.7 Å². The number of ether oxygens (including phenoxy) is 1. The molecule has 9 nitrogen and oxygen atoms in total. The van der Waals surface area contributed by atoms with Gasteiger partial charge >= 0.3 is 6.18 Å². The van der Waals surface area contributed by atoms with Crippen molar-refractivity contribution in [3.8, 4) is 11.7 Å². The highest BCUT2D eigenvalue weighted by atomic mass is 32.2. The quantitative estimate of drug-likeness (QED) is 0.267. The van der Waals surface area contributed by atoms with Crippen molar-refractivity contribution in [3.05, 3.63) is 77.0 Å². The summed E-state index contributed by atoms with van der Waals surface area (Å²) in [5.41, 5.74) is -0.202. The van der Waals surface area contributed by atoms with E-state index in [-0.39, 0.29) is 49.1 Å². The van der Waals surface area contributed by atoms with Gasteiger partial charge in [0.05, 0.1) is 22.6 Å². The molecule has 2 N–H and O–H groups in total. The van der Waals surface area contributed by atoms with Crippen LogP contribution in [0.15, 0.2) is 70.8 Å². The van der Waals surface area contributed by atoms with Crippen molar-refractivity contribution < 1.29 is 22.7 Å². The van der Waals surface area contributed by atoms with E-state index in [1.807, 2.05) is 6.07 Å². The standard InChI is InChI=1S/C35H40F3N7O2S/c1-33(2)20-23-19-25(24-7-4-3-5-8-24)21-39-27-9-6-10-30(40-27)48-43-32(46)26-11-12-28(41-31(26)44(33)22-23)45-17-13-29(42-45)47-18-16-34(14-15-34)35(36,37)38/h3-5,7-8,10-13,17,23,25H,6,9,14-16,18-22H2,1-2H3,(H,39,40)(H,43,46). The van der Waals surface area contributed by atoms with Crippen LogP contribution in [0.25, 0.3) is 5.82 Å². The fourth-order valence-corrected chi connectivity index (χ4v) is 7.84. The molecule has 48 heavy (non-hydrogen) atoms. The number of carbonyl (C=O) groups excluding carboxylic acids is 1. The van der Waals surface area contributed by atoms with Crippen molar-refractivity contribution in [1.29, 1.82) is 0 Å². The SMILES string of the molecule is CC1(C)CC2CC(c3ccccc3)CN=C3CCC=C(N3)SNC(=O)c3ccc(-n4ccc(OCCC5(C(F)(F)F)CC5)n4)nc3N1C2. The molecule has 1 saturated heterocycles. The second kappa shape index (κ2) is 12.8. The van der Waals surface area contributed by atoms with Crippen LogP contribution in [0.3, 0.4) is 0 Å². The third-order valence-corrected chi connectivity index (χ3v) is 10.8. The van der Waals surface area contributed by atoms with Crippen LogP contribution in [0, 0.1) is 11.3 Å². The van der Waals surface area contributed by atoms with Gasteiger partial charge in [-0.15, -0.1) is 5.10 Å². The van der Waals surface area contributed by atoms with Gasteiger partial charge in [-0.1, -0.05) is 36.4 Å². The number of carbonyl (C=O) groups is 1. The molecule has 4 bridgehead atoms. The summed E-state index contributed by atoms with van der Waals surface area (Å²) in [6.45, 7) is 5.69. The van der Waals surface area contributed by atoms with E-state index >= 15 is 0 Å². The average Bonchev–Trinajstić information content (AvgIpc) is 3.62. The number of aromatic nitrogens is 3. The first-order valence-corrected chi connectivity index (χ1v) is 17.4. The minimum absolute atomic E-state index is 0.0723. The van der Waals surface area contributed by atoms with E-state index in [0.717, 1.165) is 36.5 Å². The van der Waals surface area contributed by atoms with Gasteiger partial charge in [0.25, 0.3) is 5.91 Å². The van der Waals surface area contributed by atoms with E-state index in [4.69, 9.17) is 14.7 Å². The third-order valence-electron chi connectivity index (χ3n) is 10.0. The summed E-state index contributed by atoms with van der Waals surface area (Å²) in [7, 11) is 0. The highest BCUT2D eigenvalue weighted by molar-refractivity contribution is 8.01. The Bertz CT molecular complexity index is 1720. The Hall–Kier alpha value is -4.00. The molecule has 1 aromatic carbocycles. The van der Waals surface area contributed by atoms with Crippen LogP contribution in [-0.2, 0) is 0 Å². The van der Waals surface area contributed by atoms with Gasteiger partial charge in [0, 0.05) is 55.2 Å². The van der Waals surface area contributed by atoms with E-state index in [9.17, 15) is 18.0 Å². The van der Waals surface area contributed by atoms with E-state index < -0.39 is 11.6 Å². The number of hydrogen-bond acceptors (Lipinski definition) is 8. The molecule has 4 aliphatic rings. The van der Waals surface area contributed by atoms with Gasteiger partial charge in [-0.05, 0) is 76.0 Å². The van der Waals surface area contributed by atoms with Gasteiger partial charge < -0.3 is 15.0 Å². The van der Waals surface area contributed by atoms with Gasteiger partial charge in [-0.2, -0.15) is 13.2 Å². The lowest BCUT2D eigenvalue weighted by molar-refractivity contribution is -0.190. The number of hydrogen-bond donors (Lipinski definition) is 2. The number of nitrogens with one attached hydrogen (secondary N) is 2. The van der Waals surface area contributed by atoms with E-state index in [1.54, 1.807) is 24.4 Å². The summed E-state index contributed by atoms with van der Waals surface area (Å²) >= 11 is 1.23. The number of halogens is 3. The first kappa shape index (κ1) is 32.5. The van der Waals surface area contributed by atoms with Crippen molar-refractivity contribution in [2.24, 2.45) is 16.3 Å². The number of alkyl halides is 3. The highest BCUT2D eigenvalue weighted by Gasteiger charge is 2.62. The fraction of sp³-hybridized carbons (Fsp3) is 0.486. The lowest BCUT2D eigenvalue weighted by atomic mass is 9.85. The van der Waals surface area contributed by atoms with Crippen LogP contribution in [0.1, 0.15) is 80.6 Å². The van der Waals surface area contributed by atoms with Gasteiger partial charge in [0.15, 0.2) is 5.82 Å². The number of benzene rings is 1. The summed E-state index contributed by atoms with van der Waals surface area (Å²) in [6.07, 6.45) is 3.23. The van der Waals surface area contributed by atoms with Crippen LogP contribution in [0.2, 0.25) is 0 Å². The number of fused-ring (bicyclic) bond motifs is 6. The molecule has 1 amide bonds. The van der Waals surface area contributed by atoms with E-state index in [2.05, 4.69) is 64.2 Å². The number of pyridine rings is 1. The second-order valence-electron chi connectivity index (χ2n) is 13.9. The molecule has 2 aromatic heterocycles. The van der Waals surface area contributed by atoms with Crippen molar-refractivity contribution in [2.75, 3.05) is 24.6 Å². The Morgan fingerprint density at radius 2 is 1.92 bits per heavy atom. The fourth-order valence-electron chi connectivity index (χ4n) is 7.16. The van der Waals surface area contributed by atoms with E-state index in [0.29, 0.717) is 36.2 Å². The second-order valence-corrected chi connectivity index (χ2v) is 14.8. The number of aliphatic imine (C=N–C) groups is 1. The number of allylic oxidation sites excluding steroid dienone is 1. The van der Waals surface area contributed by atoms with Crippen molar-refractivity contribution in [3.63, 3.8) is 0 Å². The topological polar surface area (TPSA) is 96.7 Å². The molecule has 3 aliphatic heterocycles. The minimum Gasteiger partial charge on any atom is -0.477 e. The Balaban J connectivity index is 1.18. The molecule has 2 fully saturated rings. The zero-order valence-electron chi connectivity index (χ0n) is 27.1. The monoisotopic (exact) mass is 679 g/mol. The summed E-state index contributed by atoms with van der Waals surface area (Å²) in [5, 5.41) is 8.70. The predicted molar refractivity (Wildman–Crippen MR) is 180 cm³/mol. The maximum atomic E-state index is 13.7. The van der Waals surface area contributed by atoms with Gasteiger partial charge in [-0.25, -0.2) is 9.67 Å². The number of anilines is 1. The molecule has 1 saturated carbocycles. The molecule has 13 heteroatoms. The summed E-state index contributed by atoms with van der Waals surface area (Å²) < 4.78 is 50.2. The molecule has 7 rings (SSSR count). The Labute approximate surface area is 282 Å². The highest BCUT2D eigenvalue weighted by Crippen LogP contribution is 2.59. The van der Waals surface area contributed by atoms with Crippen molar-refractivity contribution >= 4 is 29.5 Å². The average molecular weight is 680 g/mol. The van der Waals surface area contributed by atoms with Crippen LogP contribution in [-0.4, -0.2) is 57.9 Å². The lowest BCUT2D eigenvalue weighted by Gasteiger charge is -2.34. The smallest absolute Gasteiger partial charge is 0.394 e. The Morgan fingerprint density at radius 1 is 1.10 bits per heavy atom. The molecular weight excluding hydrogens is 639 g/mol. The first-order chi connectivity index (χ1) is 23.0. The predicted octanol–water partition coefficient (Wildman–Crippen LogP) is 7.17. The Kier molecular flexibility index (Phi) is 8.67. The van der Waals surface area contributed by atoms with Crippen LogP contribution in [0.4, 0.5) is 19.0 Å². The van der Waals surface area contributed by atoms with E-state index in [1.165, 1.54) is 22.2 Å². The molecule has 5 heterocycles. The van der Waals surface area contributed by atoms with Crippen molar-refractivity contribution in [1.82, 2.24) is 24.8 Å². The maximum absolute atomic E-state index is 13.7. The molecular formula is C35H40F3N7O2S. The molecule has 254 valence electrons. The number of nitrogens with zero attached hydrogens (tertiary/aromatic N) is 5. The lowest BCUT2D eigenvalue weighted by Crippen LogP contribution is -2.40. The molecule has 3 aromatic rings. The summed E-state index contributed by atoms with van der Waals surface area (Å²) in [6, 6.07) is 15.7. The van der Waals surface area contributed by atoms with Gasteiger partial charge in [0.2, 0.25) is 5.88 Å². The Morgan fingerprint density at radius 3 is 2.69 bits per heavy atom. The zero-order chi connectivity index (χ0) is 33.5. The molecule has 2 atom stereocenters. The molecule has 2 unspecified atom stereocenters. The molecule has 0 radical (unpaired) electrons. The largest absolute Gasteiger partial charge is 0.477 e. The number of amidine groups is 1. The maximum Gasteiger partial charge on any atom is 0.394 e. The first-order valence-electron chi connectivity index (χ1n) is 16.6. The van der Waals surface area contributed by atoms with Crippen LogP contribution in [0.5, 0.6) is 5.88 Å². The molecule has 1 aliphatic carbocycles. The summed E-state index contributed by atoms with van der Waals surface area (Å²) in [4.78, 5) is 26.0. The van der Waals surface area contributed by atoms with Gasteiger partial charge in [-0.3, -0.25) is 14.5 Å². The van der Waals surface area contributed by atoms with Crippen LogP contribution >= 0.6 is 11.9 Å².